The van der Waals surface area contributed by atoms with Crippen LogP contribution in [0.2, 0.25) is 0 Å². The largest absolute Gasteiger partial charge is 0.459 e. The second-order valence-corrected chi connectivity index (χ2v) is 13.7. The van der Waals surface area contributed by atoms with Crippen molar-refractivity contribution >= 4 is 38.4 Å². The zero-order valence-corrected chi connectivity index (χ0v) is 24.8. The number of carbonyl (C=O) groups excluding carboxylic acids is 2. The maximum absolute atomic E-state index is 13.6. The number of nitrogens with zero attached hydrogens (tertiary/aromatic N) is 1. The molecule has 1 aliphatic carbocycles. The van der Waals surface area contributed by atoms with Crippen molar-refractivity contribution < 1.29 is 22.4 Å². The number of furan rings is 1. The van der Waals surface area contributed by atoms with Crippen molar-refractivity contribution in [1.29, 1.82) is 0 Å². The topological polar surface area (TPSA) is 118 Å². The molecule has 1 aliphatic rings. The summed E-state index contributed by atoms with van der Waals surface area (Å²) in [5.41, 5.74) is 3.90. The number of pyridine rings is 1. The zero-order valence-electron chi connectivity index (χ0n) is 24.0. The van der Waals surface area contributed by atoms with Crippen LogP contribution in [0.1, 0.15) is 89.0 Å². The number of fused-ring (bicyclic) bond motifs is 4. The van der Waals surface area contributed by atoms with E-state index in [1.54, 1.807) is 36.5 Å². The lowest BCUT2D eigenvalue weighted by molar-refractivity contribution is 0.0918. The zero-order chi connectivity index (χ0) is 29.9. The van der Waals surface area contributed by atoms with Gasteiger partial charge in [-0.3, -0.25) is 14.3 Å². The molecule has 0 fully saturated rings. The van der Waals surface area contributed by atoms with E-state index < -0.39 is 15.4 Å². The normalized spacial score (nSPS) is 14.1. The lowest BCUT2D eigenvalue weighted by atomic mass is 9.71. The van der Waals surface area contributed by atoms with Crippen LogP contribution in [0.5, 0.6) is 0 Å². The number of ketones is 1. The second-order valence-electron chi connectivity index (χ2n) is 11.9. The molecule has 0 spiro atoms. The quantitative estimate of drug-likeness (QED) is 0.323. The molecule has 1 amide bonds. The molecule has 2 heterocycles. The van der Waals surface area contributed by atoms with Gasteiger partial charge in [-0.25, -0.2) is 13.4 Å². The first-order chi connectivity index (χ1) is 19.0. The van der Waals surface area contributed by atoms with Gasteiger partial charge in [0.15, 0.2) is 5.78 Å². The molecule has 0 saturated heterocycles. The van der Waals surface area contributed by atoms with Crippen molar-refractivity contribution in [1.82, 2.24) is 10.3 Å². The molecule has 0 unspecified atom stereocenters. The highest BCUT2D eigenvalue weighted by atomic mass is 32.2. The number of benzene rings is 2. The van der Waals surface area contributed by atoms with E-state index in [4.69, 9.17) is 4.42 Å². The average Bonchev–Trinajstić information content (AvgIpc) is 3.25. The van der Waals surface area contributed by atoms with Crippen molar-refractivity contribution in [2.45, 2.75) is 52.5 Å². The van der Waals surface area contributed by atoms with Crippen LogP contribution in [0.4, 0.5) is 5.69 Å². The lowest BCUT2D eigenvalue weighted by Crippen LogP contribution is -2.40. The van der Waals surface area contributed by atoms with Gasteiger partial charge >= 0.3 is 0 Å². The Labute approximate surface area is 239 Å². The van der Waals surface area contributed by atoms with Gasteiger partial charge in [-0.05, 0) is 101 Å². The number of hydrogen-bond acceptors (Lipinski definition) is 6. The highest BCUT2D eigenvalue weighted by molar-refractivity contribution is 7.92. The molecule has 0 radical (unpaired) electrons. The highest BCUT2D eigenvalue weighted by Crippen LogP contribution is 2.46. The summed E-state index contributed by atoms with van der Waals surface area (Å²) in [4.78, 5) is 30.7. The fourth-order valence-electron chi connectivity index (χ4n) is 5.01. The summed E-state index contributed by atoms with van der Waals surface area (Å²) >= 11 is 0. The lowest BCUT2D eigenvalue weighted by Gasteiger charge is -2.31. The molecule has 8 nitrogen and oxygen atoms in total. The van der Waals surface area contributed by atoms with Crippen molar-refractivity contribution in [2.24, 2.45) is 0 Å². The summed E-state index contributed by atoms with van der Waals surface area (Å²) in [5, 5.41) is 3.65. The molecule has 2 aromatic heterocycles. The van der Waals surface area contributed by atoms with Crippen LogP contribution in [0.25, 0.3) is 11.0 Å². The van der Waals surface area contributed by atoms with E-state index in [1.807, 2.05) is 53.7 Å². The first kappa shape index (κ1) is 28.1. The van der Waals surface area contributed by atoms with Crippen LogP contribution in [0.15, 0.2) is 53.1 Å². The second kappa shape index (κ2) is 9.60. The minimum Gasteiger partial charge on any atom is -0.459 e. The number of nitrogens with one attached hydrogen (secondary N) is 2. The van der Waals surface area contributed by atoms with Gasteiger partial charge in [-0.15, -0.1) is 0 Å². The molecule has 5 rings (SSSR count). The van der Waals surface area contributed by atoms with Crippen LogP contribution in [0, 0.1) is 18.8 Å². The van der Waals surface area contributed by atoms with Crippen LogP contribution < -0.4 is 10.0 Å². The van der Waals surface area contributed by atoms with E-state index in [-0.39, 0.29) is 17.2 Å². The highest BCUT2D eigenvalue weighted by Gasteiger charge is 2.41. The van der Waals surface area contributed by atoms with Gasteiger partial charge in [0.25, 0.3) is 5.91 Å². The Bertz CT molecular complexity index is 1930. The SMILES string of the molecule is Cc1cnc(C#Cc2ccc3c4c(oc3c2)C(C)(C)c2cc(NS(C)(=O)=O)ccc2C4=O)cc1C(=O)NC(C)(C)C. The van der Waals surface area contributed by atoms with Gasteiger partial charge in [-0.1, -0.05) is 5.92 Å². The van der Waals surface area contributed by atoms with Crippen molar-refractivity contribution in [3.8, 4) is 11.8 Å². The third kappa shape index (κ3) is 5.48. The maximum Gasteiger partial charge on any atom is 0.252 e. The fourth-order valence-corrected chi connectivity index (χ4v) is 5.57. The molecule has 0 atom stereocenters. The van der Waals surface area contributed by atoms with Gasteiger partial charge in [0.1, 0.15) is 17.0 Å². The van der Waals surface area contributed by atoms with E-state index >= 15 is 0 Å². The molecule has 0 bridgehead atoms. The summed E-state index contributed by atoms with van der Waals surface area (Å²) < 4.78 is 32.3. The molecule has 41 heavy (non-hydrogen) atoms. The van der Waals surface area contributed by atoms with E-state index in [2.05, 4.69) is 26.9 Å². The minimum atomic E-state index is -3.48. The molecule has 2 N–H and O–H groups in total. The summed E-state index contributed by atoms with van der Waals surface area (Å²) in [5.74, 6) is 6.27. The molecule has 0 aliphatic heterocycles. The molecular weight excluding hydrogens is 538 g/mol. The summed E-state index contributed by atoms with van der Waals surface area (Å²) in [7, 11) is -3.48. The Morgan fingerprint density at radius 2 is 1.78 bits per heavy atom. The number of aryl methyl sites for hydroxylation is 1. The molecule has 9 heteroatoms. The Morgan fingerprint density at radius 1 is 1.05 bits per heavy atom. The summed E-state index contributed by atoms with van der Waals surface area (Å²) in [6.07, 6.45) is 2.71. The van der Waals surface area contributed by atoms with E-state index in [0.29, 0.717) is 55.9 Å². The van der Waals surface area contributed by atoms with Crippen LogP contribution >= 0.6 is 0 Å². The summed E-state index contributed by atoms with van der Waals surface area (Å²) in [6, 6.07) is 12.0. The van der Waals surface area contributed by atoms with Crippen LogP contribution in [-0.4, -0.2) is 36.9 Å². The number of rotatable bonds is 3. The molecule has 0 saturated carbocycles. The van der Waals surface area contributed by atoms with Gasteiger partial charge < -0.3 is 9.73 Å². The van der Waals surface area contributed by atoms with Gasteiger partial charge in [0, 0.05) is 44.9 Å². The molecule has 2 aromatic carbocycles. The molecule has 4 aromatic rings. The number of hydrogen-bond donors (Lipinski definition) is 2. The van der Waals surface area contributed by atoms with Gasteiger partial charge in [0.2, 0.25) is 10.0 Å². The maximum atomic E-state index is 13.6. The molecular formula is C32H31N3O5S. The van der Waals surface area contributed by atoms with Crippen LogP contribution in [0.3, 0.4) is 0 Å². The third-order valence-corrected chi connectivity index (χ3v) is 7.50. The summed E-state index contributed by atoms with van der Waals surface area (Å²) in [6.45, 7) is 11.5. The average molecular weight is 570 g/mol. The van der Waals surface area contributed by atoms with Crippen molar-refractivity contribution in [2.75, 3.05) is 11.0 Å². The van der Waals surface area contributed by atoms with Gasteiger partial charge in [0.05, 0.1) is 11.8 Å². The van der Waals surface area contributed by atoms with Crippen molar-refractivity contribution in [3.05, 3.63) is 93.5 Å². The Hall–Kier alpha value is -4.42. The number of anilines is 1. The van der Waals surface area contributed by atoms with Crippen molar-refractivity contribution in [3.63, 3.8) is 0 Å². The fraction of sp³-hybridized carbons (Fsp3) is 0.281. The Morgan fingerprint density at radius 3 is 2.46 bits per heavy atom. The standard InChI is InChI=1S/C32H31N3O5S/c1-18-17-33-20(15-24(18)30(37)34-31(2,3)4)10-8-19-9-12-23-26(14-19)40-29-27(23)28(36)22-13-11-21(35-41(7,38)39)16-25(22)32(29,5)6/h9,11-17,35H,1-7H3,(H,34,37). The van der Waals surface area contributed by atoms with E-state index in [9.17, 15) is 18.0 Å². The Balaban J connectivity index is 1.51. The number of amides is 1. The van der Waals surface area contributed by atoms with E-state index in [1.165, 1.54) is 0 Å². The first-order valence-corrected chi connectivity index (χ1v) is 15.0. The number of aromatic nitrogens is 1. The van der Waals surface area contributed by atoms with E-state index in [0.717, 1.165) is 11.8 Å². The monoisotopic (exact) mass is 569 g/mol. The number of carbonyl (C=O) groups is 2. The Kier molecular flexibility index (Phi) is 6.58. The smallest absolute Gasteiger partial charge is 0.252 e. The first-order valence-electron chi connectivity index (χ1n) is 13.1. The minimum absolute atomic E-state index is 0.178. The third-order valence-electron chi connectivity index (χ3n) is 6.90. The van der Waals surface area contributed by atoms with Crippen LogP contribution in [-0.2, 0) is 15.4 Å². The molecule has 210 valence electrons. The number of sulfonamides is 1. The predicted molar refractivity (Wildman–Crippen MR) is 159 cm³/mol. The predicted octanol–water partition coefficient (Wildman–Crippen LogP) is 5.31. The van der Waals surface area contributed by atoms with Gasteiger partial charge in [-0.2, -0.15) is 0 Å².